The molecule has 0 aromatic rings. The smallest absolute Gasteiger partial charge is 0.231 e. The summed E-state index contributed by atoms with van der Waals surface area (Å²) in [6, 6.07) is 0. The first kappa shape index (κ1) is 12.5. The van der Waals surface area contributed by atoms with Crippen LogP contribution in [0.15, 0.2) is 24.4 Å². The predicted molar refractivity (Wildman–Crippen MR) is 82.0 cm³/mol. The normalized spacial score (nSPS) is 53.0. The first-order valence-corrected chi connectivity index (χ1v) is 8.61. The summed E-state index contributed by atoms with van der Waals surface area (Å²) in [5.74, 6) is 5.72. The van der Waals surface area contributed by atoms with E-state index in [4.69, 9.17) is 0 Å². The van der Waals surface area contributed by atoms with Crippen LogP contribution < -0.4 is 0 Å². The molecule has 21 heavy (non-hydrogen) atoms. The Kier molecular flexibility index (Phi) is 2.06. The third-order valence-electron chi connectivity index (χ3n) is 7.27. The van der Waals surface area contributed by atoms with Crippen molar-refractivity contribution in [3.05, 3.63) is 24.4 Å². The Balaban J connectivity index is 1.57. The van der Waals surface area contributed by atoms with E-state index < -0.39 is 0 Å². The van der Waals surface area contributed by atoms with Gasteiger partial charge in [-0.05, 0) is 69.1 Å². The monoisotopic (exact) mass is 283 g/mol. The third kappa shape index (κ3) is 1.25. The Morgan fingerprint density at radius 3 is 2.19 bits per heavy atom. The number of carbonyl (C=O) groups excluding carboxylic acids is 1. The van der Waals surface area contributed by atoms with Crippen molar-refractivity contribution in [1.29, 1.82) is 0 Å². The van der Waals surface area contributed by atoms with Crippen molar-refractivity contribution < 1.29 is 4.79 Å². The van der Waals surface area contributed by atoms with Crippen molar-refractivity contribution in [3.63, 3.8) is 0 Å². The van der Waals surface area contributed by atoms with Crippen molar-refractivity contribution in [2.75, 3.05) is 0 Å². The van der Waals surface area contributed by atoms with Crippen molar-refractivity contribution in [1.82, 2.24) is 4.90 Å². The van der Waals surface area contributed by atoms with Crippen molar-refractivity contribution in [3.8, 4) is 0 Å². The minimum absolute atomic E-state index is 0.121. The zero-order valence-electron chi connectivity index (χ0n) is 13.3. The molecule has 1 heterocycles. The lowest BCUT2D eigenvalue weighted by Gasteiger charge is -2.37. The highest BCUT2D eigenvalue weighted by atomic mass is 16.2. The van der Waals surface area contributed by atoms with Crippen LogP contribution in [0.3, 0.4) is 0 Å². The molecule has 1 amide bonds. The van der Waals surface area contributed by atoms with Crippen molar-refractivity contribution >= 4 is 5.91 Å². The maximum absolute atomic E-state index is 13.1. The lowest BCUT2D eigenvalue weighted by molar-refractivity contribution is -0.136. The second-order valence-electron chi connectivity index (χ2n) is 9.05. The van der Waals surface area contributed by atoms with Gasteiger partial charge in [-0.2, -0.15) is 0 Å². The number of fused-ring (bicyclic) bond motifs is 12. The van der Waals surface area contributed by atoms with E-state index in [1.807, 2.05) is 4.90 Å². The van der Waals surface area contributed by atoms with Crippen LogP contribution in [0.25, 0.3) is 0 Å². The van der Waals surface area contributed by atoms with Gasteiger partial charge in [0, 0.05) is 17.2 Å². The summed E-state index contributed by atoms with van der Waals surface area (Å²) < 4.78 is 0. The molecule has 5 aliphatic rings. The highest BCUT2D eigenvalue weighted by Crippen LogP contribution is 2.71. The Bertz CT molecular complexity index is 541. The number of amides is 1. The van der Waals surface area contributed by atoms with Gasteiger partial charge in [-0.25, -0.2) is 0 Å². The number of allylic oxidation sites excluding steroid dienone is 3. The second-order valence-corrected chi connectivity index (χ2v) is 9.05. The Hall–Kier alpha value is -1.05. The fraction of sp³-hybridized carbons (Fsp3) is 0.737. The number of nitrogens with zero attached hydrogens (tertiary/aromatic N) is 1. The molecule has 0 aromatic carbocycles. The summed E-state index contributed by atoms with van der Waals surface area (Å²) in [4.78, 5) is 15.1. The fourth-order valence-corrected chi connectivity index (χ4v) is 7.03. The first-order valence-electron chi connectivity index (χ1n) is 8.61. The molecule has 0 spiro atoms. The van der Waals surface area contributed by atoms with Crippen molar-refractivity contribution in [2.24, 2.45) is 47.3 Å². The van der Waals surface area contributed by atoms with E-state index in [0.29, 0.717) is 17.7 Å². The maximum Gasteiger partial charge on any atom is 0.231 e. The molecular weight excluding hydrogens is 258 g/mol. The number of rotatable bonds is 0. The molecule has 2 nitrogen and oxygen atoms in total. The van der Waals surface area contributed by atoms with Gasteiger partial charge in [0.1, 0.15) is 0 Å². The first-order chi connectivity index (χ1) is 9.89. The number of carbonyl (C=O) groups is 1. The Morgan fingerprint density at radius 2 is 1.62 bits per heavy atom. The molecule has 4 aliphatic carbocycles. The minimum Gasteiger partial charge on any atom is -0.311 e. The molecule has 0 radical (unpaired) electrons. The van der Waals surface area contributed by atoms with Gasteiger partial charge in [-0.3, -0.25) is 4.79 Å². The molecule has 3 saturated carbocycles. The van der Waals surface area contributed by atoms with E-state index in [9.17, 15) is 4.79 Å². The van der Waals surface area contributed by atoms with Crippen LogP contribution in [0, 0.1) is 47.3 Å². The van der Waals surface area contributed by atoms with Crippen molar-refractivity contribution in [2.45, 2.75) is 39.2 Å². The van der Waals surface area contributed by atoms with Crippen LogP contribution >= 0.6 is 0 Å². The van der Waals surface area contributed by atoms with E-state index >= 15 is 0 Å². The zero-order valence-corrected chi connectivity index (χ0v) is 13.3. The van der Waals surface area contributed by atoms with Gasteiger partial charge < -0.3 is 4.90 Å². The Labute approximate surface area is 127 Å². The minimum atomic E-state index is -0.121. The molecule has 4 fully saturated rings. The molecule has 4 bridgehead atoms. The summed E-state index contributed by atoms with van der Waals surface area (Å²) in [6.07, 6.45) is 7.59. The summed E-state index contributed by atoms with van der Waals surface area (Å²) >= 11 is 0. The van der Waals surface area contributed by atoms with Gasteiger partial charge in [-0.1, -0.05) is 18.7 Å². The summed E-state index contributed by atoms with van der Waals surface area (Å²) in [5.41, 5.74) is 1.01. The molecule has 1 aliphatic heterocycles. The molecule has 5 rings (SSSR count). The van der Waals surface area contributed by atoms with Gasteiger partial charge in [0.2, 0.25) is 5.91 Å². The largest absolute Gasteiger partial charge is 0.311 e. The average Bonchev–Trinajstić information content (AvgIpc) is 3.13. The van der Waals surface area contributed by atoms with Crippen LogP contribution in [-0.2, 0) is 4.79 Å². The van der Waals surface area contributed by atoms with Gasteiger partial charge in [0.25, 0.3) is 0 Å². The highest BCUT2D eigenvalue weighted by Gasteiger charge is 2.69. The van der Waals surface area contributed by atoms with Gasteiger partial charge in [-0.15, -0.1) is 0 Å². The van der Waals surface area contributed by atoms with E-state index in [2.05, 4.69) is 39.5 Å². The highest BCUT2D eigenvalue weighted by molar-refractivity contribution is 5.86. The third-order valence-corrected chi connectivity index (χ3v) is 7.27. The number of hydrogen-bond acceptors (Lipinski definition) is 1. The van der Waals surface area contributed by atoms with Crippen LogP contribution in [0.1, 0.15) is 33.6 Å². The maximum atomic E-state index is 13.1. The molecule has 0 N–H and O–H groups in total. The zero-order chi connectivity index (χ0) is 14.7. The van der Waals surface area contributed by atoms with E-state index in [1.54, 1.807) is 0 Å². The van der Waals surface area contributed by atoms with Gasteiger partial charge in [0.05, 0.1) is 5.92 Å². The molecule has 112 valence electrons. The summed E-state index contributed by atoms with van der Waals surface area (Å²) in [5, 5.41) is 0. The van der Waals surface area contributed by atoms with E-state index in [0.717, 1.165) is 35.3 Å². The number of likely N-dealkylation sites (tertiary alicyclic amines) is 1. The van der Waals surface area contributed by atoms with Crippen LogP contribution in [0.5, 0.6) is 0 Å². The molecule has 2 heteroatoms. The fourth-order valence-electron chi connectivity index (χ4n) is 7.03. The average molecular weight is 283 g/mol. The van der Waals surface area contributed by atoms with E-state index in [1.165, 1.54) is 12.8 Å². The molecule has 8 atom stereocenters. The van der Waals surface area contributed by atoms with Crippen LogP contribution in [0.4, 0.5) is 0 Å². The summed E-state index contributed by atoms with van der Waals surface area (Å²) in [6.45, 7) is 10.8. The van der Waals surface area contributed by atoms with Gasteiger partial charge in [0.15, 0.2) is 0 Å². The molecular formula is C19H25NO. The quantitative estimate of drug-likeness (QED) is 0.492. The number of hydrogen-bond donors (Lipinski definition) is 0. The standard InChI is InChI=1S/C19H25NO/c1-9-14-12-8-13(16-11-6-5-10(7-11)15(12)16)17(14)18(21)20(9)19(2,3)4/h5-6,10-17H,1,7-8H2,2-4H3. The van der Waals surface area contributed by atoms with Gasteiger partial charge >= 0.3 is 0 Å². The molecule has 1 saturated heterocycles. The topological polar surface area (TPSA) is 20.3 Å². The molecule has 0 aromatic heterocycles. The lowest BCUT2D eigenvalue weighted by Crippen LogP contribution is -2.43. The summed E-state index contributed by atoms with van der Waals surface area (Å²) in [7, 11) is 0. The lowest BCUT2D eigenvalue weighted by atomic mass is 9.65. The Morgan fingerprint density at radius 1 is 1.05 bits per heavy atom. The molecule has 8 unspecified atom stereocenters. The SMILES string of the molecule is C=C1C2C3CC(C2C(=O)N1C(C)(C)C)C1C2C=CC(C2)C31. The van der Waals surface area contributed by atoms with Crippen LogP contribution in [0.2, 0.25) is 0 Å². The second kappa shape index (κ2) is 3.47. The predicted octanol–water partition coefficient (Wildman–Crippen LogP) is 3.46. The van der Waals surface area contributed by atoms with Crippen LogP contribution in [-0.4, -0.2) is 16.3 Å². The van der Waals surface area contributed by atoms with E-state index in [-0.39, 0.29) is 11.5 Å².